The number of aryl methyl sites for hydroxylation is 1. The van der Waals surface area contributed by atoms with Crippen LogP contribution in [0, 0.1) is 12.7 Å². The van der Waals surface area contributed by atoms with Gasteiger partial charge in [0.1, 0.15) is 11.6 Å². The van der Waals surface area contributed by atoms with Gasteiger partial charge in [0.25, 0.3) is 0 Å². The van der Waals surface area contributed by atoms with Gasteiger partial charge in [-0.05, 0) is 56.3 Å². The van der Waals surface area contributed by atoms with Crippen LogP contribution in [0.5, 0.6) is 5.75 Å². The first-order valence-corrected chi connectivity index (χ1v) is 11.5. The summed E-state index contributed by atoms with van der Waals surface area (Å²) in [6.07, 6.45) is 0. The number of hydrogen-bond acceptors (Lipinski definition) is 5. The smallest absolute Gasteiger partial charge is 0.234 e. The Kier molecular flexibility index (Phi) is 7.04. The maximum Gasteiger partial charge on any atom is 0.234 e. The average Bonchev–Trinajstić information content (AvgIpc) is 3.24. The van der Waals surface area contributed by atoms with Gasteiger partial charge in [-0.3, -0.25) is 9.36 Å². The van der Waals surface area contributed by atoms with Crippen LogP contribution in [0.25, 0.3) is 17.1 Å². The van der Waals surface area contributed by atoms with Gasteiger partial charge < -0.3 is 10.1 Å². The van der Waals surface area contributed by atoms with Crippen molar-refractivity contribution < 1.29 is 13.9 Å². The van der Waals surface area contributed by atoms with E-state index in [0.717, 1.165) is 22.6 Å². The molecule has 0 fully saturated rings. The van der Waals surface area contributed by atoms with E-state index in [1.807, 2.05) is 66.9 Å². The molecule has 0 aliphatic heterocycles. The minimum Gasteiger partial charge on any atom is -0.494 e. The number of benzene rings is 3. The van der Waals surface area contributed by atoms with E-state index >= 15 is 0 Å². The van der Waals surface area contributed by atoms with Gasteiger partial charge in [-0.25, -0.2) is 4.39 Å². The molecule has 0 saturated heterocycles. The fourth-order valence-electron chi connectivity index (χ4n) is 3.30. The molecule has 0 bridgehead atoms. The highest BCUT2D eigenvalue weighted by atomic mass is 32.2. The van der Waals surface area contributed by atoms with Crippen LogP contribution >= 0.6 is 11.8 Å². The summed E-state index contributed by atoms with van der Waals surface area (Å²) in [6.45, 7) is 4.53. The summed E-state index contributed by atoms with van der Waals surface area (Å²) in [4.78, 5) is 12.5. The molecule has 3 aromatic carbocycles. The van der Waals surface area contributed by atoms with Crippen LogP contribution in [0.1, 0.15) is 12.5 Å². The van der Waals surface area contributed by atoms with Crippen molar-refractivity contribution in [1.82, 2.24) is 14.8 Å². The van der Waals surface area contributed by atoms with Crippen LogP contribution in [-0.4, -0.2) is 33.0 Å². The van der Waals surface area contributed by atoms with Crippen molar-refractivity contribution in [2.75, 3.05) is 17.7 Å². The Morgan fingerprint density at radius 2 is 1.85 bits per heavy atom. The van der Waals surface area contributed by atoms with Crippen molar-refractivity contribution in [1.29, 1.82) is 0 Å². The van der Waals surface area contributed by atoms with E-state index < -0.39 is 5.82 Å². The quantitative estimate of drug-likeness (QED) is 0.350. The van der Waals surface area contributed by atoms with Crippen molar-refractivity contribution >= 4 is 23.4 Å². The number of anilines is 1. The largest absolute Gasteiger partial charge is 0.494 e. The van der Waals surface area contributed by atoms with E-state index in [-0.39, 0.29) is 17.3 Å². The van der Waals surface area contributed by atoms with Crippen molar-refractivity contribution in [2.24, 2.45) is 0 Å². The van der Waals surface area contributed by atoms with E-state index in [0.29, 0.717) is 17.6 Å². The molecule has 33 heavy (non-hydrogen) atoms. The summed E-state index contributed by atoms with van der Waals surface area (Å²) in [5.74, 6) is 0.681. The number of carbonyl (C=O) groups excluding carboxylic acids is 1. The fourth-order valence-corrected chi connectivity index (χ4v) is 4.06. The first-order chi connectivity index (χ1) is 16.0. The SMILES string of the molecule is CCOc1ccc(-n2c(SCC(=O)Nc3ccccc3F)nnc2-c2cccc(C)c2)cc1. The van der Waals surface area contributed by atoms with Crippen LogP contribution in [0.2, 0.25) is 0 Å². The van der Waals surface area contributed by atoms with E-state index in [9.17, 15) is 9.18 Å². The van der Waals surface area contributed by atoms with Crippen molar-refractivity contribution in [3.63, 3.8) is 0 Å². The molecule has 0 saturated carbocycles. The lowest BCUT2D eigenvalue weighted by Gasteiger charge is -2.12. The highest BCUT2D eigenvalue weighted by molar-refractivity contribution is 7.99. The second kappa shape index (κ2) is 10.3. The zero-order valence-electron chi connectivity index (χ0n) is 18.3. The van der Waals surface area contributed by atoms with Crippen LogP contribution in [0.15, 0.2) is 78.0 Å². The molecular weight excluding hydrogens is 439 g/mol. The highest BCUT2D eigenvalue weighted by Gasteiger charge is 2.18. The minimum absolute atomic E-state index is 0.0529. The van der Waals surface area contributed by atoms with Crippen LogP contribution in [0.4, 0.5) is 10.1 Å². The molecule has 4 rings (SSSR count). The number of nitrogens with one attached hydrogen (secondary N) is 1. The molecule has 8 heteroatoms. The van der Waals surface area contributed by atoms with Gasteiger partial charge in [0.05, 0.1) is 18.0 Å². The van der Waals surface area contributed by atoms with E-state index in [1.165, 1.54) is 23.9 Å². The summed E-state index contributed by atoms with van der Waals surface area (Å²) in [5, 5.41) is 11.9. The molecule has 1 amide bonds. The highest BCUT2D eigenvalue weighted by Crippen LogP contribution is 2.29. The predicted octanol–water partition coefficient (Wildman–Crippen LogP) is 5.51. The van der Waals surface area contributed by atoms with Gasteiger partial charge in [-0.15, -0.1) is 10.2 Å². The molecule has 1 heterocycles. The standard InChI is InChI=1S/C25H23FN4O2S/c1-3-32-20-13-11-19(12-14-20)30-24(18-8-6-7-17(2)15-18)28-29-25(30)33-16-23(31)27-22-10-5-4-9-21(22)26/h4-15H,3,16H2,1-2H3,(H,27,31). The number of thioether (sulfide) groups is 1. The molecular formula is C25H23FN4O2S. The van der Waals surface area contributed by atoms with Crippen LogP contribution in [0.3, 0.4) is 0 Å². The lowest BCUT2D eigenvalue weighted by molar-refractivity contribution is -0.113. The summed E-state index contributed by atoms with van der Waals surface area (Å²) in [6, 6.07) is 21.7. The van der Waals surface area contributed by atoms with E-state index in [4.69, 9.17) is 4.74 Å². The van der Waals surface area contributed by atoms with Crippen LogP contribution in [-0.2, 0) is 4.79 Å². The Hall–Kier alpha value is -3.65. The molecule has 0 aliphatic rings. The monoisotopic (exact) mass is 462 g/mol. The summed E-state index contributed by atoms with van der Waals surface area (Å²) < 4.78 is 21.3. The van der Waals surface area contributed by atoms with Crippen LogP contribution < -0.4 is 10.1 Å². The Morgan fingerprint density at radius 3 is 2.58 bits per heavy atom. The van der Waals surface area contributed by atoms with Gasteiger partial charge in [-0.1, -0.05) is 47.7 Å². The van der Waals surface area contributed by atoms with E-state index in [1.54, 1.807) is 12.1 Å². The molecule has 0 aliphatic carbocycles. The number of amides is 1. The third-order valence-electron chi connectivity index (χ3n) is 4.80. The molecule has 6 nitrogen and oxygen atoms in total. The number of carbonyl (C=O) groups is 1. The number of para-hydroxylation sites is 1. The normalized spacial score (nSPS) is 10.8. The summed E-state index contributed by atoms with van der Waals surface area (Å²) in [5.41, 5.74) is 3.01. The third-order valence-corrected chi connectivity index (χ3v) is 5.72. The maximum atomic E-state index is 13.9. The zero-order valence-corrected chi connectivity index (χ0v) is 19.1. The third kappa shape index (κ3) is 5.40. The number of rotatable bonds is 8. The first kappa shape index (κ1) is 22.5. The van der Waals surface area contributed by atoms with Gasteiger partial charge in [0.15, 0.2) is 11.0 Å². The summed E-state index contributed by atoms with van der Waals surface area (Å²) >= 11 is 1.23. The van der Waals surface area contributed by atoms with Gasteiger partial charge in [0.2, 0.25) is 5.91 Å². The lowest BCUT2D eigenvalue weighted by atomic mass is 10.1. The Morgan fingerprint density at radius 1 is 1.06 bits per heavy atom. The molecule has 0 radical (unpaired) electrons. The van der Waals surface area contributed by atoms with Gasteiger partial charge >= 0.3 is 0 Å². The zero-order chi connectivity index (χ0) is 23.2. The Labute approximate surface area is 195 Å². The summed E-state index contributed by atoms with van der Waals surface area (Å²) in [7, 11) is 0. The van der Waals surface area contributed by atoms with Crippen molar-refractivity contribution in [3.8, 4) is 22.8 Å². The minimum atomic E-state index is -0.477. The second-order valence-electron chi connectivity index (χ2n) is 7.25. The Balaban J connectivity index is 1.62. The van der Waals surface area contributed by atoms with Gasteiger partial charge in [-0.2, -0.15) is 0 Å². The predicted molar refractivity (Wildman–Crippen MR) is 128 cm³/mol. The second-order valence-corrected chi connectivity index (χ2v) is 8.20. The number of nitrogens with zero attached hydrogens (tertiary/aromatic N) is 3. The fraction of sp³-hybridized carbons (Fsp3) is 0.160. The molecule has 1 N–H and O–H groups in total. The average molecular weight is 463 g/mol. The molecule has 4 aromatic rings. The molecule has 0 atom stereocenters. The number of hydrogen-bond donors (Lipinski definition) is 1. The van der Waals surface area contributed by atoms with E-state index in [2.05, 4.69) is 15.5 Å². The topological polar surface area (TPSA) is 69.0 Å². The van der Waals surface area contributed by atoms with Gasteiger partial charge in [0, 0.05) is 11.3 Å². The number of aromatic nitrogens is 3. The molecule has 0 spiro atoms. The van der Waals surface area contributed by atoms with Crippen molar-refractivity contribution in [3.05, 3.63) is 84.2 Å². The lowest BCUT2D eigenvalue weighted by Crippen LogP contribution is -2.15. The Bertz CT molecular complexity index is 1260. The molecule has 0 unspecified atom stereocenters. The van der Waals surface area contributed by atoms with Crippen molar-refractivity contribution in [2.45, 2.75) is 19.0 Å². The first-order valence-electron chi connectivity index (χ1n) is 10.5. The molecule has 1 aromatic heterocycles. The maximum absolute atomic E-state index is 13.9. The number of ether oxygens (including phenoxy) is 1. The molecule has 168 valence electrons. The number of halogens is 1.